The maximum atomic E-state index is 12.5. The Kier molecular flexibility index (Phi) is 8.81. The molecule has 1 amide bonds. The number of ether oxygens (including phenoxy) is 2. The molecule has 0 aliphatic carbocycles. The van der Waals surface area contributed by atoms with Gasteiger partial charge in [-0.05, 0) is 49.8 Å². The van der Waals surface area contributed by atoms with Gasteiger partial charge in [0, 0.05) is 11.5 Å². The number of carbonyl (C=O) groups is 1. The molecule has 0 bridgehead atoms. The molecule has 3 rings (SSSR count). The van der Waals surface area contributed by atoms with Gasteiger partial charge in [-0.3, -0.25) is 10.1 Å². The molecule has 0 saturated heterocycles. The van der Waals surface area contributed by atoms with Gasteiger partial charge in [-0.25, -0.2) is 8.42 Å². The van der Waals surface area contributed by atoms with Crippen LogP contribution in [0.1, 0.15) is 19.4 Å². The molecule has 0 aliphatic rings. The van der Waals surface area contributed by atoms with E-state index in [0.717, 1.165) is 5.75 Å². The van der Waals surface area contributed by atoms with Crippen LogP contribution in [-0.2, 0) is 14.6 Å². The molecule has 12 heteroatoms. The van der Waals surface area contributed by atoms with Crippen LogP contribution in [0, 0.1) is 11.3 Å². The van der Waals surface area contributed by atoms with Gasteiger partial charge in [-0.2, -0.15) is 14.6 Å². The number of rotatable bonds is 10. The van der Waals surface area contributed by atoms with Gasteiger partial charge in [0.25, 0.3) is 11.1 Å². The minimum Gasteiger partial charge on any atom is -0.490 e. The lowest BCUT2D eigenvalue weighted by Crippen LogP contribution is -2.16. The lowest BCUT2D eigenvalue weighted by Gasteiger charge is -2.10. The molecule has 1 N–H and O–H groups in total. The summed E-state index contributed by atoms with van der Waals surface area (Å²) in [7, 11) is -3.67. The van der Waals surface area contributed by atoms with Gasteiger partial charge in [-0.15, -0.1) is 0 Å². The van der Waals surface area contributed by atoms with Crippen LogP contribution in [-0.4, -0.2) is 42.1 Å². The molecular weight excluding hydrogens is 512 g/mol. The number of hydrogen-bond donors (Lipinski definition) is 1. The minimum absolute atomic E-state index is 0.0325. The second-order valence-electron chi connectivity index (χ2n) is 7.30. The van der Waals surface area contributed by atoms with Crippen molar-refractivity contribution in [1.82, 2.24) is 9.36 Å². The van der Waals surface area contributed by atoms with E-state index in [4.69, 9.17) is 21.1 Å². The number of amides is 1. The number of carbonyl (C=O) groups excluding carboxylic acids is 1. The molecule has 1 heterocycles. The summed E-state index contributed by atoms with van der Waals surface area (Å²) in [5.74, 6) is 0.402. The molecule has 0 radical (unpaired) electrons. The summed E-state index contributed by atoms with van der Waals surface area (Å²) in [6, 6.07) is 16.0. The Hall–Kier alpha value is -3.46. The van der Waals surface area contributed by atoms with Crippen LogP contribution in [0.3, 0.4) is 0 Å². The van der Waals surface area contributed by atoms with Crippen LogP contribution in [0.25, 0.3) is 6.08 Å². The number of para-hydroxylation sites is 1. The van der Waals surface area contributed by atoms with E-state index in [-0.39, 0.29) is 22.5 Å². The lowest BCUT2D eigenvalue weighted by atomic mass is 10.1. The van der Waals surface area contributed by atoms with Crippen LogP contribution in [0.2, 0.25) is 5.02 Å². The Balaban J connectivity index is 1.62. The van der Waals surface area contributed by atoms with Gasteiger partial charge >= 0.3 is 0 Å². The van der Waals surface area contributed by atoms with E-state index < -0.39 is 21.0 Å². The Morgan fingerprint density at radius 1 is 1.20 bits per heavy atom. The van der Waals surface area contributed by atoms with E-state index in [0.29, 0.717) is 34.5 Å². The molecular formula is C23H21ClN4O5S2. The number of nitrogens with one attached hydrogen (secondary N) is 1. The van der Waals surface area contributed by atoms with E-state index in [1.54, 1.807) is 18.2 Å². The van der Waals surface area contributed by atoms with Crippen LogP contribution in [0.15, 0.2) is 59.3 Å². The van der Waals surface area contributed by atoms with E-state index in [2.05, 4.69) is 14.7 Å². The molecule has 1 aromatic heterocycles. The molecule has 0 unspecified atom stereocenters. The Labute approximate surface area is 212 Å². The van der Waals surface area contributed by atoms with E-state index in [1.807, 2.05) is 36.4 Å². The summed E-state index contributed by atoms with van der Waals surface area (Å²) in [4.78, 5) is 16.4. The number of nitrogens with zero attached hydrogens (tertiary/aromatic N) is 3. The van der Waals surface area contributed by atoms with Crippen molar-refractivity contribution in [2.45, 2.75) is 24.3 Å². The van der Waals surface area contributed by atoms with E-state index in [1.165, 1.54) is 19.9 Å². The summed E-state index contributed by atoms with van der Waals surface area (Å²) in [5, 5.41) is 11.0. The van der Waals surface area contributed by atoms with Crippen molar-refractivity contribution in [2.75, 3.05) is 18.5 Å². The Bertz CT molecular complexity index is 1370. The van der Waals surface area contributed by atoms with Crippen LogP contribution >= 0.6 is 23.1 Å². The molecule has 182 valence electrons. The van der Waals surface area contributed by atoms with Crippen molar-refractivity contribution in [3.8, 4) is 17.6 Å². The number of sulfone groups is 1. The van der Waals surface area contributed by atoms with Crippen molar-refractivity contribution >= 4 is 50.1 Å². The molecule has 2 aromatic carbocycles. The zero-order chi connectivity index (χ0) is 25.4. The molecule has 0 aliphatic heterocycles. The SMILES string of the molecule is CC(C)S(=O)(=O)c1nsc(NC(=O)/C(C#N)=C\c2ccc(OCCOc3ccccc3)c(Cl)c2)n1. The maximum absolute atomic E-state index is 12.5. The normalized spacial score (nSPS) is 11.7. The third-order valence-corrected chi connectivity index (χ3v) is 7.46. The van der Waals surface area contributed by atoms with Crippen molar-refractivity contribution in [3.05, 3.63) is 64.7 Å². The number of hydrogen-bond acceptors (Lipinski definition) is 9. The molecule has 0 saturated carbocycles. The Morgan fingerprint density at radius 2 is 1.91 bits per heavy atom. The minimum atomic E-state index is -3.67. The number of anilines is 1. The van der Waals surface area contributed by atoms with Gasteiger partial charge in [0.05, 0.1) is 10.3 Å². The molecule has 0 fully saturated rings. The first-order valence-electron chi connectivity index (χ1n) is 10.3. The first kappa shape index (κ1) is 26.2. The smallest absolute Gasteiger partial charge is 0.268 e. The highest BCUT2D eigenvalue weighted by Gasteiger charge is 2.25. The van der Waals surface area contributed by atoms with Crippen LogP contribution < -0.4 is 14.8 Å². The number of aromatic nitrogens is 2. The summed E-state index contributed by atoms with van der Waals surface area (Å²) in [5.41, 5.74) is 0.268. The first-order chi connectivity index (χ1) is 16.7. The highest BCUT2D eigenvalue weighted by molar-refractivity contribution is 7.91. The third kappa shape index (κ3) is 7.02. The number of nitriles is 1. The average Bonchev–Trinajstić information content (AvgIpc) is 3.31. The van der Waals surface area contributed by atoms with Crippen molar-refractivity contribution < 1.29 is 22.7 Å². The summed E-state index contributed by atoms with van der Waals surface area (Å²) in [6.45, 7) is 3.61. The third-order valence-electron chi connectivity index (χ3n) is 4.49. The molecule has 0 spiro atoms. The first-order valence-corrected chi connectivity index (χ1v) is 13.0. The fourth-order valence-electron chi connectivity index (χ4n) is 2.62. The predicted molar refractivity (Wildman–Crippen MR) is 133 cm³/mol. The van der Waals surface area contributed by atoms with Gasteiger partial charge in [0.15, 0.2) is 0 Å². The van der Waals surface area contributed by atoms with E-state index in [9.17, 15) is 18.5 Å². The quantitative estimate of drug-likeness (QED) is 0.231. The van der Waals surface area contributed by atoms with Gasteiger partial charge in [0.1, 0.15) is 36.4 Å². The predicted octanol–water partition coefficient (Wildman–Crippen LogP) is 4.38. The summed E-state index contributed by atoms with van der Waals surface area (Å²) >= 11 is 6.99. The molecule has 0 atom stereocenters. The van der Waals surface area contributed by atoms with Crippen molar-refractivity contribution in [2.24, 2.45) is 0 Å². The largest absolute Gasteiger partial charge is 0.490 e. The van der Waals surface area contributed by atoms with E-state index >= 15 is 0 Å². The fourth-order valence-corrected chi connectivity index (χ4v) is 4.56. The second-order valence-corrected chi connectivity index (χ2v) is 10.9. The van der Waals surface area contributed by atoms with Crippen LogP contribution in [0.5, 0.6) is 11.5 Å². The highest BCUT2D eigenvalue weighted by Crippen LogP contribution is 2.27. The summed E-state index contributed by atoms with van der Waals surface area (Å²) < 4.78 is 39.3. The topological polar surface area (TPSA) is 131 Å². The number of halogens is 1. The average molecular weight is 533 g/mol. The zero-order valence-corrected chi connectivity index (χ0v) is 21.2. The van der Waals surface area contributed by atoms with Crippen molar-refractivity contribution in [1.29, 1.82) is 5.26 Å². The van der Waals surface area contributed by atoms with Gasteiger partial charge < -0.3 is 9.47 Å². The monoisotopic (exact) mass is 532 g/mol. The van der Waals surface area contributed by atoms with Crippen LogP contribution in [0.4, 0.5) is 5.13 Å². The molecule has 3 aromatic rings. The van der Waals surface area contributed by atoms with Crippen molar-refractivity contribution in [3.63, 3.8) is 0 Å². The standard InChI is InChI=1S/C23H21ClN4O5S2/c1-15(2)35(30,31)23-27-22(34-28-23)26-21(29)17(14-25)12-16-8-9-20(19(24)13-16)33-11-10-32-18-6-4-3-5-7-18/h3-9,12-13,15H,10-11H2,1-2H3,(H,26,27,28,29)/b17-12-. The zero-order valence-electron chi connectivity index (χ0n) is 18.8. The molecule has 9 nitrogen and oxygen atoms in total. The van der Waals surface area contributed by atoms with Gasteiger partial charge in [0.2, 0.25) is 15.0 Å². The molecule has 35 heavy (non-hydrogen) atoms. The highest BCUT2D eigenvalue weighted by atomic mass is 35.5. The lowest BCUT2D eigenvalue weighted by molar-refractivity contribution is -0.112. The fraction of sp³-hybridized carbons (Fsp3) is 0.217. The summed E-state index contributed by atoms with van der Waals surface area (Å²) in [6.07, 6.45) is 1.34. The maximum Gasteiger partial charge on any atom is 0.268 e. The number of benzene rings is 2. The van der Waals surface area contributed by atoms with Gasteiger partial charge in [-0.1, -0.05) is 35.9 Å². The second kappa shape index (κ2) is 11.8. The Morgan fingerprint density at radius 3 is 2.57 bits per heavy atom.